The summed E-state index contributed by atoms with van der Waals surface area (Å²) in [6.07, 6.45) is 2.08. The molecule has 0 unspecified atom stereocenters. The average Bonchev–Trinajstić information content (AvgIpc) is 2.49. The minimum absolute atomic E-state index is 0.0488. The van der Waals surface area contributed by atoms with E-state index in [0.29, 0.717) is 24.5 Å². The zero-order chi connectivity index (χ0) is 15.5. The van der Waals surface area contributed by atoms with Crippen molar-refractivity contribution in [3.63, 3.8) is 0 Å². The summed E-state index contributed by atoms with van der Waals surface area (Å²) in [4.78, 5) is 22.7. The predicted octanol–water partition coefficient (Wildman–Crippen LogP) is 2.63. The molecule has 1 aromatic carbocycles. The van der Waals surface area contributed by atoms with Gasteiger partial charge in [-0.3, -0.25) is 4.79 Å². The fourth-order valence-electron chi connectivity index (χ4n) is 1.55. The van der Waals surface area contributed by atoms with Gasteiger partial charge in [0.2, 0.25) is 0 Å². The maximum absolute atomic E-state index is 11.5. The van der Waals surface area contributed by atoms with Gasteiger partial charge in [-0.05, 0) is 25.5 Å². The van der Waals surface area contributed by atoms with Crippen LogP contribution in [0.5, 0.6) is 5.75 Å². The molecule has 1 rings (SSSR count). The van der Waals surface area contributed by atoms with E-state index in [4.69, 9.17) is 14.2 Å². The molecule has 0 aliphatic heterocycles. The molecule has 0 aliphatic rings. The number of ether oxygens (including phenoxy) is 3. The Morgan fingerprint density at radius 2 is 1.95 bits per heavy atom. The zero-order valence-electron chi connectivity index (χ0n) is 12.6. The largest absolute Gasteiger partial charge is 0.482 e. The Bertz CT molecular complexity index is 456. The van der Waals surface area contributed by atoms with E-state index in [-0.39, 0.29) is 19.0 Å². The lowest BCUT2D eigenvalue weighted by molar-refractivity contribution is -0.147. The van der Waals surface area contributed by atoms with E-state index < -0.39 is 5.97 Å². The molecule has 0 atom stereocenters. The van der Waals surface area contributed by atoms with Gasteiger partial charge >= 0.3 is 5.97 Å². The topological polar surface area (TPSA) is 61.8 Å². The number of carbonyl (C=O) groups excluding carboxylic acids is 2. The maximum Gasteiger partial charge on any atom is 0.344 e. The minimum Gasteiger partial charge on any atom is -0.482 e. The molecule has 1 aromatic rings. The smallest absolute Gasteiger partial charge is 0.344 e. The SMILES string of the molecule is CCCCOCCOC(=O)COc1cccc(C(C)=O)c1. The van der Waals surface area contributed by atoms with Gasteiger partial charge in [0.05, 0.1) is 6.61 Å². The Hall–Kier alpha value is -1.88. The van der Waals surface area contributed by atoms with Gasteiger partial charge in [-0.25, -0.2) is 4.79 Å². The van der Waals surface area contributed by atoms with E-state index in [2.05, 4.69) is 6.92 Å². The number of benzene rings is 1. The third-order valence-corrected chi connectivity index (χ3v) is 2.73. The van der Waals surface area contributed by atoms with Crippen molar-refractivity contribution in [3.8, 4) is 5.75 Å². The van der Waals surface area contributed by atoms with Crippen LogP contribution in [-0.2, 0) is 14.3 Å². The molecule has 0 bridgehead atoms. The molecule has 0 aromatic heterocycles. The first-order valence-electron chi connectivity index (χ1n) is 7.10. The number of hydrogen-bond donors (Lipinski definition) is 0. The molecule has 0 spiro atoms. The van der Waals surface area contributed by atoms with Gasteiger partial charge in [0.15, 0.2) is 12.4 Å². The second-order valence-corrected chi connectivity index (χ2v) is 4.56. The van der Waals surface area contributed by atoms with Crippen LogP contribution in [0.1, 0.15) is 37.0 Å². The van der Waals surface area contributed by atoms with Crippen LogP contribution in [0.3, 0.4) is 0 Å². The molecule has 0 radical (unpaired) electrons. The Morgan fingerprint density at radius 1 is 1.14 bits per heavy atom. The number of carbonyl (C=O) groups is 2. The van der Waals surface area contributed by atoms with Gasteiger partial charge in [0.1, 0.15) is 12.4 Å². The second-order valence-electron chi connectivity index (χ2n) is 4.56. The van der Waals surface area contributed by atoms with Crippen LogP contribution in [-0.4, -0.2) is 38.2 Å². The summed E-state index contributed by atoms with van der Waals surface area (Å²) < 4.78 is 15.5. The standard InChI is InChI=1S/C16H22O5/c1-3-4-8-19-9-10-20-16(18)12-21-15-7-5-6-14(11-15)13(2)17/h5-7,11H,3-4,8-10,12H2,1-2H3. The van der Waals surface area contributed by atoms with Crippen LogP contribution in [0.15, 0.2) is 24.3 Å². The van der Waals surface area contributed by atoms with Crippen molar-refractivity contribution in [2.24, 2.45) is 0 Å². The lowest BCUT2D eigenvalue weighted by Gasteiger charge is -2.08. The molecule has 0 fully saturated rings. The summed E-state index contributed by atoms with van der Waals surface area (Å²) in [6.45, 7) is 4.68. The van der Waals surface area contributed by atoms with E-state index in [0.717, 1.165) is 12.8 Å². The highest BCUT2D eigenvalue weighted by molar-refractivity contribution is 5.94. The summed E-state index contributed by atoms with van der Waals surface area (Å²) in [6, 6.07) is 6.69. The average molecular weight is 294 g/mol. The highest BCUT2D eigenvalue weighted by Crippen LogP contribution is 2.13. The van der Waals surface area contributed by atoms with Gasteiger partial charge in [0, 0.05) is 12.2 Å². The Labute approximate surface area is 125 Å². The van der Waals surface area contributed by atoms with E-state index in [9.17, 15) is 9.59 Å². The molecule has 21 heavy (non-hydrogen) atoms. The minimum atomic E-state index is -0.456. The first-order chi connectivity index (χ1) is 10.1. The lowest BCUT2D eigenvalue weighted by Crippen LogP contribution is -2.17. The fraction of sp³-hybridized carbons (Fsp3) is 0.500. The van der Waals surface area contributed by atoms with Crippen molar-refractivity contribution in [1.82, 2.24) is 0 Å². The van der Waals surface area contributed by atoms with E-state index in [1.165, 1.54) is 6.92 Å². The highest BCUT2D eigenvalue weighted by Gasteiger charge is 2.06. The maximum atomic E-state index is 11.5. The number of Topliss-reactive ketones (excluding diaryl/α,β-unsaturated/α-hetero) is 1. The Kier molecular flexibility index (Phi) is 8.12. The molecule has 0 heterocycles. The lowest BCUT2D eigenvalue weighted by atomic mass is 10.1. The Morgan fingerprint density at radius 3 is 2.67 bits per heavy atom. The number of esters is 1. The van der Waals surface area contributed by atoms with Gasteiger partial charge in [-0.15, -0.1) is 0 Å². The van der Waals surface area contributed by atoms with Crippen LogP contribution >= 0.6 is 0 Å². The zero-order valence-corrected chi connectivity index (χ0v) is 12.6. The number of unbranched alkanes of at least 4 members (excludes halogenated alkanes) is 1. The van der Waals surface area contributed by atoms with Crippen LogP contribution in [0, 0.1) is 0 Å². The third kappa shape index (κ3) is 7.46. The van der Waals surface area contributed by atoms with E-state index >= 15 is 0 Å². The normalized spacial score (nSPS) is 10.2. The monoisotopic (exact) mass is 294 g/mol. The van der Waals surface area contributed by atoms with Crippen molar-refractivity contribution < 1.29 is 23.8 Å². The van der Waals surface area contributed by atoms with Crippen molar-refractivity contribution in [2.75, 3.05) is 26.4 Å². The van der Waals surface area contributed by atoms with Crippen molar-refractivity contribution in [2.45, 2.75) is 26.7 Å². The summed E-state index contributed by atoms with van der Waals surface area (Å²) in [5, 5.41) is 0. The Balaban J connectivity index is 2.21. The summed E-state index contributed by atoms with van der Waals surface area (Å²) in [5.41, 5.74) is 0.546. The molecule has 0 saturated heterocycles. The quantitative estimate of drug-likeness (QED) is 0.377. The molecule has 0 aliphatic carbocycles. The molecule has 5 nitrogen and oxygen atoms in total. The van der Waals surface area contributed by atoms with Crippen LogP contribution in [0.2, 0.25) is 0 Å². The molecule has 0 amide bonds. The molecular formula is C16H22O5. The number of rotatable bonds is 10. The third-order valence-electron chi connectivity index (χ3n) is 2.73. The first kappa shape index (κ1) is 17.2. The number of hydrogen-bond acceptors (Lipinski definition) is 5. The molecular weight excluding hydrogens is 272 g/mol. The number of ketones is 1. The first-order valence-corrected chi connectivity index (χ1v) is 7.10. The van der Waals surface area contributed by atoms with E-state index in [1.807, 2.05) is 0 Å². The molecule has 116 valence electrons. The van der Waals surface area contributed by atoms with Crippen LogP contribution in [0.4, 0.5) is 0 Å². The highest BCUT2D eigenvalue weighted by atomic mass is 16.6. The fourth-order valence-corrected chi connectivity index (χ4v) is 1.55. The summed E-state index contributed by atoms with van der Waals surface area (Å²) in [7, 11) is 0. The van der Waals surface area contributed by atoms with Crippen molar-refractivity contribution >= 4 is 11.8 Å². The van der Waals surface area contributed by atoms with Gasteiger partial charge in [-0.2, -0.15) is 0 Å². The van der Waals surface area contributed by atoms with Gasteiger partial charge in [0.25, 0.3) is 0 Å². The van der Waals surface area contributed by atoms with E-state index in [1.54, 1.807) is 24.3 Å². The summed E-state index contributed by atoms with van der Waals surface area (Å²) >= 11 is 0. The van der Waals surface area contributed by atoms with Gasteiger partial charge < -0.3 is 14.2 Å². The van der Waals surface area contributed by atoms with Crippen molar-refractivity contribution in [1.29, 1.82) is 0 Å². The molecule has 0 N–H and O–H groups in total. The van der Waals surface area contributed by atoms with Gasteiger partial charge in [-0.1, -0.05) is 25.5 Å². The molecule has 5 heteroatoms. The summed E-state index contributed by atoms with van der Waals surface area (Å²) in [5.74, 6) is -0.0339. The van der Waals surface area contributed by atoms with Crippen LogP contribution < -0.4 is 4.74 Å². The predicted molar refractivity (Wildman–Crippen MR) is 78.6 cm³/mol. The van der Waals surface area contributed by atoms with Crippen LogP contribution in [0.25, 0.3) is 0 Å². The molecule has 0 saturated carbocycles. The van der Waals surface area contributed by atoms with Crippen molar-refractivity contribution in [3.05, 3.63) is 29.8 Å². The second kappa shape index (κ2) is 9.94.